The van der Waals surface area contributed by atoms with Crippen LogP contribution in [0.4, 0.5) is 21.8 Å². The van der Waals surface area contributed by atoms with Crippen molar-refractivity contribution in [2.24, 2.45) is 0 Å². The molecular formula is C43H49FN10O5. The molecule has 2 N–H and O–H groups in total. The van der Waals surface area contributed by atoms with Crippen LogP contribution in [0.25, 0.3) is 11.0 Å². The van der Waals surface area contributed by atoms with E-state index in [1.54, 1.807) is 17.7 Å². The second-order valence-electron chi connectivity index (χ2n) is 16.7. The van der Waals surface area contributed by atoms with E-state index in [-0.39, 0.29) is 53.8 Å². The Hall–Kier alpha value is -5.61. The highest BCUT2D eigenvalue weighted by molar-refractivity contribution is 6.05. The zero-order valence-electron chi connectivity index (χ0n) is 33.5. The number of halogens is 1. The summed E-state index contributed by atoms with van der Waals surface area (Å²) in [5.41, 5.74) is 3.56. The number of benzene rings is 1. The highest BCUT2D eigenvalue weighted by Gasteiger charge is 2.41. The summed E-state index contributed by atoms with van der Waals surface area (Å²) in [6.07, 6.45) is 9.85. The van der Waals surface area contributed by atoms with Crippen LogP contribution in [-0.2, 0) is 22.7 Å². The minimum absolute atomic E-state index is 0.00453. The molecule has 4 aliphatic heterocycles. The van der Waals surface area contributed by atoms with E-state index in [2.05, 4.69) is 41.4 Å². The Kier molecular flexibility index (Phi) is 10.5. The molecule has 5 aliphatic rings. The zero-order valence-corrected chi connectivity index (χ0v) is 33.5. The van der Waals surface area contributed by atoms with E-state index < -0.39 is 23.7 Å². The molecule has 0 spiro atoms. The van der Waals surface area contributed by atoms with Gasteiger partial charge in [-0.15, -0.1) is 0 Å². The number of imide groups is 1. The summed E-state index contributed by atoms with van der Waals surface area (Å²) in [4.78, 5) is 85.8. The van der Waals surface area contributed by atoms with Crippen molar-refractivity contribution in [1.29, 1.82) is 0 Å². The number of nitrogens with zero attached hydrogens (tertiary/aromatic N) is 8. The lowest BCUT2D eigenvalue weighted by Gasteiger charge is -2.43. The van der Waals surface area contributed by atoms with Gasteiger partial charge in [-0.2, -0.15) is 4.98 Å². The molecule has 4 aromatic rings. The van der Waals surface area contributed by atoms with Crippen molar-refractivity contribution in [3.63, 3.8) is 0 Å². The molecule has 1 unspecified atom stereocenters. The third-order valence-corrected chi connectivity index (χ3v) is 13.0. The second kappa shape index (κ2) is 15.9. The number of carbonyl (C=O) groups is 4. The zero-order chi connectivity index (χ0) is 40.9. The van der Waals surface area contributed by atoms with E-state index in [1.807, 2.05) is 18.3 Å². The van der Waals surface area contributed by atoms with Gasteiger partial charge in [0.1, 0.15) is 23.3 Å². The fourth-order valence-corrected chi connectivity index (χ4v) is 9.92. The number of aromatic nitrogens is 4. The predicted molar refractivity (Wildman–Crippen MR) is 218 cm³/mol. The van der Waals surface area contributed by atoms with E-state index >= 15 is 4.39 Å². The molecule has 3 aromatic heterocycles. The van der Waals surface area contributed by atoms with Crippen LogP contribution in [0.15, 0.2) is 41.5 Å². The normalized spacial score (nSPS) is 21.1. The molecule has 3 saturated heterocycles. The molecule has 1 aliphatic carbocycles. The second-order valence-corrected chi connectivity index (χ2v) is 16.7. The largest absolute Gasteiger partial charge is 0.370 e. The fraction of sp³-hybridized carbons (Fsp3) is 0.488. The van der Waals surface area contributed by atoms with E-state index in [0.29, 0.717) is 46.5 Å². The molecule has 1 saturated carbocycles. The maximum absolute atomic E-state index is 15.3. The van der Waals surface area contributed by atoms with E-state index in [0.717, 1.165) is 89.0 Å². The summed E-state index contributed by atoms with van der Waals surface area (Å²) >= 11 is 0. The minimum atomic E-state index is -0.770. The van der Waals surface area contributed by atoms with Crippen LogP contribution >= 0.6 is 0 Å². The minimum Gasteiger partial charge on any atom is -0.370 e. The van der Waals surface area contributed by atoms with Crippen molar-refractivity contribution in [1.82, 2.24) is 39.5 Å². The Balaban J connectivity index is 0.777. The highest BCUT2D eigenvalue weighted by Crippen LogP contribution is 2.33. The molecule has 9 rings (SSSR count). The standard InChI is InChI=1S/C43H49FN10O5/c1-25-32-22-46-43(49-39(32)54(30-5-3-4-6-30)42(59)37(25)26(2)55)47-35-9-7-31(21-45-35)51-13-11-29(12-14-51)52-17-15-50(16-18-52)23-27-19-28-24-53(41(58)38(28)33(44)20-27)34-8-10-36(56)48-40(34)57/h7,9,19-22,29-30,34H,3-6,8,10-18,23-24H2,1-2H3,(H,48,56,57)(H,45,46,47,49). The maximum Gasteiger partial charge on any atom is 0.263 e. The van der Waals surface area contributed by atoms with Gasteiger partial charge >= 0.3 is 0 Å². The van der Waals surface area contributed by atoms with Crippen molar-refractivity contribution in [3.05, 3.63) is 80.6 Å². The number of nitrogens with one attached hydrogen (secondary N) is 2. The summed E-state index contributed by atoms with van der Waals surface area (Å²) < 4.78 is 17.0. The summed E-state index contributed by atoms with van der Waals surface area (Å²) in [7, 11) is 0. The van der Waals surface area contributed by atoms with Gasteiger partial charge in [0, 0.05) is 82.4 Å². The summed E-state index contributed by atoms with van der Waals surface area (Å²) in [6.45, 7) is 9.35. The van der Waals surface area contributed by atoms with Crippen LogP contribution < -0.4 is 21.1 Å². The first-order chi connectivity index (χ1) is 28.5. The van der Waals surface area contributed by atoms with Crippen LogP contribution in [0.2, 0.25) is 0 Å². The van der Waals surface area contributed by atoms with Gasteiger partial charge in [0.25, 0.3) is 11.5 Å². The van der Waals surface area contributed by atoms with Crippen LogP contribution in [-0.4, -0.2) is 109 Å². The number of fused-ring (bicyclic) bond motifs is 2. The fourth-order valence-electron chi connectivity index (χ4n) is 9.92. The summed E-state index contributed by atoms with van der Waals surface area (Å²) in [6, 6.07) is 7.02. The van der Waals surface area contributed by atoms with Gasteiger partial charge in [0.05, 0.1) is 23.0 Å². The molecule has 16 heteroatoms. The van der Waals surface area contributed by atoms with Gasteiger partial charge in [-0.25, -0.2) is 14.4 Å². The Bertz CT molecular complexity index is 2400. The van der Waals surface area contributed by atoms with Crippen molar-refractivity contribution >= 4 is 52.0 Å². The lowest BCUT2D eigenvalue weighted by atomic mass is 10.0. The third-order valence-electron chi connectivity index (χ3n) is 13.0. The topological polar surface area (TPSA) is 166 Å². The summed E-state index contributed by atoms with van der Waals surface area (Å²) in [5, 5.41) is 6.22. The first kappa shape index (κ1) is 38.9. The van der Waals surface area contributed by atoms with Crippen LogP contribution in [0.3, 0.4) is 0 Å². The van der Waals surface area contributed by atoms with Gasteiger partial charge in [0.15, 0.2) is 5.78 Å². The monoisotopic (exact) mass is 804 g/mol. The van der Waals surface area contributed by atoms with Crippen molar-refractivity contribution in [3.8, 4) is 0 Å². The maximum atomic E-state index is 15.3. The Labute approximate surface area is 341 Å². The van der Waals surface area contributed by atoms with E-state index in [9.17, 15) is 24.0 Å². The third kappa shape index (κ3) is 7.48. The molecule has 1 aromatic carbocycles. The number of amides is 3. The number of rotatable bonds is 9. The molecule has 7 heterocycles. The quantitative estimate of drug-likeness (QED) is 0.183. The average molecular weight is 805 g/mol. The van der Waals surface area contributed by atoms with Crippen LogP contribution in [0.5, 0.6) is 0 Å². The number of anilines is 3. The first-order valence-corrected chi connectivity index (χ1v) is 20.9. The number of hydrogen-bond donors (Lipinski definition) is 2. The van der Waals surface area contributed by atoms with E-state index in [4.69, 9.17) is 4.98 Å². The Morgan fingerprint density at radius 1 is 0.915 bits per heavy atom. The summed E-state index contributed by atoms with van der Waals surface area (Å²) in [5.74, 6) is -1.22. The van der Waals surface area contributed by atoms with Crippen LogP contribution in [0, 0.1) is 12.7 Å². The van der Waals surface area contributed by atoms with Gasteiger partial charge in [0.2, 0.25) is 17.8 Å². The highest BCUT2D eigenvalue weighted by atomic mass is 19.1. The Morgan fingerprint density at radius 3 is 2.37 bits per heavy atom. The molecular weight excluding hydrogens is 756 g/mol. The number of carbonyl (C=O) groups excluding carboxylic acids is 4. The lowest BCUT2D eigenvalue weighted by Crippen LogP contribution is -2.53. The average Bonchev–Trinajstić information content (AvgIpc) is 3.87. The van der Waals surface area contributed by atoms with Crippen molar-refractivity contribution in [2.75, 3.05) is 49.5 Å². The smallest absolute Gasteiger partial charge is 0.263 e. The number of piperidine rings is 2. The van der Waals surface area contributed by atoms with E-state index in [1.165, 1.54) is 17.9 Å². The molecule has 308 valence electrons. The number of pyridine rings is 2. The molecule has 0 radical (unpaired) electrons. The molecule has 4 fully saturated rings. The van der Waals surface area contributed by atoms with Gasteiger partial charge in [-0.3, -0.25) is 43.7 Å². The molecule has 59 heavy (non-hydrogen) atoms. The SMILES string of the molecule is CC(=O)c1c(C)c2cnc(Nc3ccc(N4CCC(N5CCN(Cc6cc(F)c7c(c6)CN(C6CCC(=O)NC6=O)C7=O)CC5)CC4)cn3)nc2n(C2CCCC2)c1=O. The van der Waals surface area contributed by atoms with Crippen LogP contribution in [0.1, 0.15) is 102 Å². The lowest BCUT2D eigenvalue weighted by molar-refractivity contribution is -0.136. The van der Waals surface area contributed by atoms with Crippen molar-refractivity contribution in [2.45, 2.75) is 96.4 Å². The van der Waals surface area contributed by atoms with Gasteiger partial charge < -0.3 is 15.1 Å². The number of Topliss-reactive ketones (excluding diaryl/α,β-unsaturated/α-hetero) is 1. The predicted octanol–water partition coefficient (Wildman–Crippen LogP) is 4.24. The first-order valence-electron chi connectivity index (χ1n) is 20.9. The van der Waals surface area contributed by atoms with Gasteiger partial charge in [-0.1, -0.05) is 18.9 Å². The number of ketones is 1. The van der Waals surface area contributed by atoms with Crippen molar-refractivity contribution < 1.29 is 23.6 Å². The van der Waals surface area contributed by atoms with Gasteiger partial charge in [-0.05, 0) is 80.8 Å². The number of piperazine rings is 1. The number of hydrogen-bond acceptors (Lipinski definition) is 12. The molecule has 0 bridgehead atoms. The molecule has 3 amide bonds. The molecule has 1 atom stereocenters. The number of aryl methyl sites for hydroxylation is 1. The molecule has 15 nitrogen and oxygen atoms in total. The Morgan fingerprint density at radius 2 is 1.68 bits per heavy atom.